The molecule has 1 aromatic rings. The van der Waals surface area contributed by atoms with Crippen molar-refractivity contribution in [3.8, 4) is 5.88 Å². The molecule has 0 aliphatic rings. The van der Waals surface area contributed by atoms with Gasteiger partial charge in [0.25, 0.3) is 0 Å². The smallest absolute Gasteiger partial charge is 0.488 e. The Morgan fingerprint density at radius 2 is 1.76 bits per heavy atom. The van der Waals surface area contributed by atoms with Crippen LogP contribution in [0.4, 0.5) is 5.69 Å². The highest BCUT2D eigenvalue weighted by atomic mass is 16.3. The molecule has 0 aliphatic carbocycles. The van der Waals surface area contributed by atoms with E-state index in [-0.39, 0.29) is 13.1 Å². The van der Waals surface area contributed by atoms with Crippen LogP contribution in [0.25, 0.3) is 4.98 Å². The number of aromatic nitrogens is 2. The molecule has 0 aromatic carbocycles. The van der Waals surface area contributed by atoms with Crippen LogP contribution in [0.15, 0.2) is 34.9 Å². The Balaban J connectivity index is 3.76. The van der Waals surface area contributed by atoms with E-state index in [4.69, 9.17) is 5.39 Å². The van der Waals surface area contributed by atoms with Crippen LogP contribution in [0, 0.1) is 5.39 Å². The number of aromatic hydroxyl groups is 1. The molecular formula is C10H11N4O3+. The Morgan fingerprint density at radius 1 is 1.24 bits per heavy atom. The van der Waals surface area contributed by atoms with Crippen molar-refractivity contribution in [3.63, 3.8) is 0 Å². The monoisotopic (exact) mass is 235 g/mol. The molecule has 7 nitrogen and oxygen atoms in total. The summed E-state index contributed by atoms with van der Waals surface area (Å²) in [7, 11) is 0. The zero-order valence-corrected chi connectivity index (χ0v) is 9.04. The summed E-state index contributed by atoms with van der Waals surface area (Å²) in [6.45, 7) is 6.78. The highest BCUT2D eigenvalue weighted by Crippen LogP contribution is 2.19. The largest absolute Gasteiger partial charge is 0.508 e. The molecule has 0 aliphatic heterocycles. The van der Waals surface area contributed by atoms with Crippen molar-refractivity contribution in [2.24, 2.45) is 0 Å². The summed E-state index contributed by atoms with van der Waals surface area (Å²) in [5.41, 5.74) is -2.19. The Kier molecular flexibility index (Phi) is 3.62. The molecule has 1 heterocycles. The third kappa shape index (κ3) is 2.01. The molecule has 0 unspecified atom stereocenters. The molecule has 0 saturated heterocycles. The van der Waals surface area contributed by atoms with Gasteiger partial charge >= 0.3 is 22.8 Å². The summed E-state index contributed by atoms with van der Waals surface area (Å²) in [5.74, 6) is -0.692. The summed E-state index contributed by atoms with van der Waals surface area (Å²) in [6, 6.07) is 0. The van der Waals surface area contributed by atoms with Gasteiger partial charge in [0.2, 0.25) is 5.39 Å². The van der Waals surface area contributed by atoms with Crippen molar-refractivity contribution in [2.75, 3.05) is 0 Å². The third-order valence-electron chi connectivity index (χ3n) is 2.10. The van der Waals surface area contributed by atoms with Crippen molar-refractivity contribution >= 4 is 5.69 Å². The van der Waals surface area contributed by atoms with Gasteiger partial charge in [0.15, 0.2) is 4.98 Å². The van der Waals surface area contributed by atoms with Crippen LogP contribution in [0.1, 0.15) is 0 Å². The van der Waals surface area contributed by atoms with E-state index in [0.29, 0.717) is 0 Å². The molecule has 88 valence electrons. The SMILES string of the molecule is C=CCn1c(O)c([N+]#N)c(=O)n(CC=C)c1=O. The maximum atomic E-state index is 11.8. The van der Waals surface area contributed by atoms with Gasteiger partial charge in [0.1, 0.15) is 0 Å². The average molecular weight is 235 g/mol. The lowest BCUT2D eigenvalue weighted by Crippen LogP contribution is -2.39. The maximum absolute atomic E-state index is 11.8. The van der Waals surface area contributed by atoms with Crippen LogP contribution in [-0.4, -0.2) is 14.2 Å². The van der Waals surface area contributed by atoms with E-state index < -0.39 is 22.8 Å². The molecule has 0 atom stereocenters. The van der Waals surface area contributed by atoms with E-state index in [1.807, 2.05) is 0 Å². The van der Waals surface area contributed by atoms with E-state index >= 15 is 0 Å². The van der Waals surface area contributed by atoms with E-state index in [0.717, 1.165) is 9.13 Å². The van der Waals surface area contributed by atoms with Crippen molar-refractivity contribution in [1.29, 1.82) is 5.39 Å². The number of rotatable bonds is 4. The maximum Gasteiger partial charge on any atom is 0.508 e. The number of diazo groups is 1. The first-order chi connectivity index (χ1) is 8.08. The van der Waals surface area contributed by atoms with Gasteiger partial charge in [-0.2, -0.15) is 0 Å². The molecule has 1 aromatic heterocycles. The molecule has 0 amide bonds. The molecule has 0 spiro atoms. The lowest BCUT2D eigenvalue weighted by molar-refractivity contribution is 0.406. The molecule has 0 bridgehead atoms. The second-order valence-electron chi connectivity index (χ2n) is 3.16. The van der Waals surface area contributed by atoms with E-state index in [9.17, 15) is 14.7 Å². The lowest BCUT2D eigenvalue weighted by Gasteiger charge is -2.06. The minimum absolute atomic E-state index is 0.00932. The quantitative estimate of drug-likeness (QED) is 0.610. The van der Waals surface area contributed by atoms with Gasteiger partial charge in [0.05, 0.1) is 0 Å². The summed E-state index contributed by atoms with van der Waals surface area (Å²) in [5, 5.41) is 18.3. The first kappa shape index (κ1) is 12.4. The van der Waals surface area contributed by atoms with Gasteiger partial charge in [-0.15, -0.1) is 13.2 Å². The summed E-state index contributed by atoms with van der Waals surface area (Å²) < 4.78 is 1.66. The van der Waals surface area contributed by atoms with E-state index in [1.54, 1.807) is 0 Å². The predicted octanol–water partition coefficient (Wildman–Crippen LogP) is 0.572. The van der Waals surface area contributed by atoms with Gasteiger partial charge in [-0.3, -0.25) is 9.36 Å². The van der Waals surface area contributed by atoms with Crippen molar-refractivity contribution < 1.29 is 5.11 Å². The molecule has 0 fully saturated rings. The highest BCUT2D eigenvalue weighted by Gasteiger charge is 2.27. The van der Waals surface area contributed by atoms with Crippen LogP contribution in [0.3, 0.4) is 0 Å². The third-order valence-corrected chi connectivity index (χ3v) is 2.10. The standard InChI is InChI=1S/C10H10N4O3/c1-3-5-13-8(15)7(12-11)9(16)14(6-4-2)10(13)17/h3-4H,1-2,5-6H2/p+1. The first-order valence-electron chi connectivity index (χ1n) is 4.72. The second kappa shape index (κ2) is 4.94. The van der Waals surface area contributed by atoms with Crippen molar-refractivity contribution in [1.82, 2.24) is 9.13 Å². The molecule has 0 radical (unpaired) electrons. The van der Waals surface area contributed by atoms with Crippen LogP contribution in [-0.2, 0) is 13.1 Å². The summed E-state index contributed by atoms with van der Waals surface area (Å²) >= 11 is 0. The zero-order chi connectivity index (χ0) is 13.0. The topological polar surface area (TPSA) is 92.4 Å². The van der Waals surface area contributed by atoms with Gasteiger partial charge < -0.3 is 5.11 Å². The minimum atomic E-state index is -0.879. The zero-order valence-electron chi connectivity index (χ0n) is 9.04. The lowest BCUT2D eigenvalue weighted by atomic mass is 10.4. The average Bonchev–Trinajstić information content (AvgIpc) is 2.31. The molecule has 1 N–H and O–H groups in total. The predicted molar refractivity (Wildman–Crippen MR) is 61.8 cm³/mol. The van der Waals surface area contributed by atoms with Crippen LogP contribution in [0.2, 0.25) is 0 Å². The number of hydrogen-bond donors (Lipinski definition) is 1. The highest BCUT2D eigenvalue weighted by molar-refractivity contribution is 5.50. The van der Waals surface area contributed by atoms with Gasteiger partial charge in [-0.1, -0.05) is 12.2 Å². The van der Waals surface area contributed by atoms with Gasteiger partial charge in [0, 0.05) is 13.1 Å². The minimum Gasteiger partial charge on any atom is -0.488 e. The number of nitrogens with zero attached hydrogens (tertiary/aromatic N) is 4. The van der Waals surface area contributed by atoms with Crippen LogP contribution >= 0.6 is 0 Å². The van der Waals surface area contributed by atoms with Crippen LogP contribution in [0.5, 0.6) is 5.88 Å². The second-order valence-corrected chi connectivity index (χ2v) is 3.16. The molecule has 17 heavy (non-hydrogen) atoms. The fourth-order valence-electron chi connectivity index (χ4n) is 1.35. The fraction of sp³-hybridized carbons (Fsp3) is 0.200. The number of hydrogen-bond acceptors (Lipinski definition) is 4. The molecule has 0 saturated carbocycles. The fourth-order valence-corrected chi connectivity index (χ4v) is 1.35. The molecular weight excluding hydrogens is 224 g/mol. The van der Waals surface area contributed by atoms with E-state index in [2.05, 4.69) is 18.1 Å². The molecule has 1 rings (SSSR count). The summed E-state index contributed by atoms with van der Waals surface area (Å²) in [4.78, 5) is 26.1. The van der Waals surface area contributed by atoms with Crippen LogP contribution < -0.4 is 11.2 Å². The Hall–Kier alpha value is -2.62. The van der Waals surface area contributed by atoms with Gasteiger partial charge in [-0.05, 0) is 0 Å². The number of allylic oxidation sites excluding steroid dienone is 2. The Morgan fingerprint density at radius 3 is 2.24 bits per heavy atom. The summed E-state index contributed by atoms with van der Waals surface area (Å²) in [6.07, 6.45) is 2.71. The normalized spacial score (nSPS) is 9.59. The van der Waals surface area contributed by atoms with Gasteiger partial charge in [-0.25, -0.2) is 9.36 Å². The Labute approximate surface area is 96.2 Å². The Bertz CT molecular complexity index is 618. The first-order valence-corrected chi connectivity index (χ1v) is 4.72. The van der Waals surface area contributed by atoms with Crippen molar-refractivity contribution in [2.45, 2.75) is 13.1 Å². The van der Waals surface area contributed by atoms with E-state index in [1.165, 1.54) is 12.2 Å². The molecule has 7 heteroatoms. The van der Waals surface area contributed by atoms with Crippen molar-refractivity contribution in [3.05, 3.63) is 51.1 Å².